The van der Waals surface area contributed by atoms with Crippen LogP contribution in [0.15, 0.2) is 36.7 Å². The fraction of sp³-hybridized carbons (Fsp3) is 0.400. The average molecular weight is 385 g/mol. The SMILES string of the molecule is CC1(C)[C@H](NC(=O)c2ncccn2)C(C)(C)[C@H]1Oc1ccc(C#N)c(Cl)c1. The number of aromatic nitrogens is 2. The molecule has 140 valence electrons. The highest BCUT2D eigenvalue weighted by Crippen LogP contribution is 2.55. The molecule has 0 atom stereocenters. The van der Waals surface area contributed by atoms with Gasteiger partial charge in [0.05, 0.1) is 10.6 Å². The van der Waals surface area contributed by atoms with Gasteiger partial charge in [0, 0.05) is 35.3 Å². The van der Waals surface area contributed by atoms with Crippen molar-refractivity contribution in [3.8, 4) is 11.8 Å². The van der Waals surface area contributed by atoms with E-state index >= 15 is 0 Å². The number of amides is 1. The van der Waals surface area contributed by atoms with Crippen molar-refractivity contribution in [2.75, 3.05) is 0 Å². The predicted octanol–water partition coefficient (Wildman–Crippen LogP) is 3.61. The van der Waals surface area contributed by atoms with Crippen molar-refractivity contribution < 1.29 is 9.53 Å². The first-order valence-corrected chi connectivity index (χ1v) is 9.00. The predicted molar refractivity (Wildman–Crippen MR) is 101 cm³/mol. The zero-order valence-electron chi connectivity index (χ0n) is 15.7. The second kappa shape index (κ2) is 6.82. The van der Waals surface area contributed by atoms with Gasteiger partial charge in [0.2, 0.25) is 5.82 Å². The van der Waals surface area contributed by atoms with Crippen LogP contribution in [0.5, 0.6) is 5.75 Å². The minimum absolute atomic E-state index is 0.125. The molecule has 1 amide bonds. The molecule has 7 heteroatoms. The normalized spacial score (nSPS) is 22.2. The molecule has 1 aromatic carbocycles. The first-order chi connectivity index (χ1) is 12.7. The zero-order chi connectivity index (χ0) is 19.8. The van der Waals surface area contributed by atoms with Gasteiger partial charge in [-0.05, 0) is 18.2 Å². The third-order valence-electron chi connectivity index (χ3n) is 5.20. The van der Waals surface area contributed by atoms with Crippen LogP contribution in [0.4, 0.5) is 0 Å². The highest BCUT2D eigenvalue weighted by molar-refractivity contribution is 6.31. The van der Waals surface area contributed by atoms with E-state index in [-0.39, 0.29) is 34.7 Å². The van der Waals surface area contributed by atoms with E-state index in [0.717, 1.165) is 0 Å². The highest BCUT2D eigenvalue weighted by atomic mass is 35.5. The Morgan fingerprint density at radius 1 is 1.22 bits per heavy atom. The van der Waals surface area contributed by atoms with Gasteiger partial charge in [-0.3, -0.25) is 4.79 Å². The second-order valence-electron chi connectivity index (χ2n) is 7.87. The molecule has 0 radical (unpaired) electrons. The van der Waals surface area contributed by atoms with Crippen molar-refractivity contribution in [3.63, 3.8) is 0 Å². The monoisotopic (exact) mass is 384 g/mol. The first kappa shape index (κ1) is 19.1. The maximum atomic E-state index is 12.5. The third kappa shape index (κ3) is 3.35. The molecular weight excluding hydrogens is 364 g/mol. The zero-order valence-corrected chi connectivity index (χ0v) is 16.4. The average Bonchev–Trinajstić information content (AvgIpc) is 2.64. The Bertz CT molecular complexity index is 890. The number of carbonyl (C=O) groups excluding carboxylic acids is 1. The summed E-state index contributed by atoms with van der Waals surface area (Å²) in [7, 11) is 0. The van der Waals surface area contributed by atoms with Gasteiger partial charge in [-0.15, -0.1) is 0 Å². The number of nitriles is 1. The van der Waals surface area contributed by atoms with Crippen LogP contribution in [0, 0.1) is 22.2 Å². The number of hydrogen-bond donors (Lipinski definition) is 1. The molecule has 1 saturated carbocycles. The van der Waals surface area contributed by atoms with Gasteiger partial charge in [0.25, 0.3) is 5.91 Å². The Labute approximate surface area is 163 Å². The van der Waals surface area contributed by atoms with Crippen LogP contribution in [-0.4, -0.2) is 28.0 Å². The van der Waals surface area contributed by atoms with Gasteiger partial charge in [0.15, 0.2) is 0 Å². The maximum absolute atomic E-state index is 12.5. The summed E-state index contributed by atoms with van der Waals surface area (Å²) in [5.41, 5.74) is -0.244. The lowest BCUT2D eigenvalue weighted by Crippen LogP contribution is -2.74. The Kier molecular flexibility index (Phi) is 4.83. The number of rotatable bonds is 4. The summed E-state index contributed by atoms with van der Waals surface area (Å²) in [6.07, 6.45) is 2.93. The molecule has 1 fully saturated rings. The topological polar surface area (TPSA) is 87.9 Å². The lowest BCUT2D eigenvalue weighted by atomic mass is 9.49. The Balaban J connectivity index is 1.77. The summed E-state index contributed by atoms with van der Waals surface area (Å²) in [5, 5.41) is 12.4. The van der Waals surface area contributed by atoms with E-state index in [1.807, 2.05) is 33.8 Å². The molecular formula is C20H21ClN4O2. The summed E-state index contributed by atoms with van der Waals surface area (Å²) in [4.78, 5) is 20.5. The van der Waals surface area contributed by atoms with E-state index in [2.05, 4.69) is 15.3 Å². The molecule has 1 aliphatic carbocycles. The van der Waals surface area contributed by atoms with Crippen molar-refractivity contribution >= 4 is 17.5 Å². The van der Waals surface area contributed by atoms with Crippen LogP contribution in [0.1, 0.15) is 43.9 Å². The molecule has 0 aliphatic heterocycles. The van der Waals surface area contributed by atoms with Gasteiger partial charge >= 0.3 is 0 Å². The van der Waals surface area contributed by atoms with Crippen molar-refractivity contribution in [2.45, 2.75) is 39.8 Å². The van der Waals surface area contributed by atoms with Crippen LogP contribution in [0.25, 0.3) is 0 Å². The molecule has 1 N–H and O–H groups in total. The number of halogens is 1. The fourth-order valence-corrected chi connectivity index (χ4v) is 4.42. The molecule has 1 aliphatic rings. The molecule has 0 spiro atoms. The molecule has 6 nitrogen and oxygen atoms in total. The quantitative estimate of drug-likeness (QED) is 0.869. The third-order valence-corrected chi connectivity index (χ3v) is 5.51. The van der Waals surface area contributed by atoms with Crippen molar-refractivity contribution in [1.82, 2.24) is 15.3 Å². The van der Waals surface area contributed by atoms with Gasteiger partial charge in [-0.1, -0.05) is 39.3 Å². The minimum atomic E-state index is -0.325. The van der Waals surface area contributed by atoms with E-state index in [1.165, 1.54) is 0 Å². The number of benzene rings is 1. The molecule has 0 saturated heterocycles. The molecule has 0 unspecified atom stereocenters. The summed E-state index contributed by atoms with van der Waals surface area (Å²) in [6, 6.07) is 8.60. The van der Waals surface area contributed by atoms with Gasteiger partial charge < -0.3 is 10.1 Å². The fourth-order valence-electron chi connectivity index (χ4n) is 4.21. The smallest absolute Gasteiger partial charge is 0.289 e. The van der Waals surface area contributed by atoms with Crippen LogP contribution in [-0.2, 0) is 0 Å². The Hall–Kier alpha value is -2.65. The van der Waals surface area contributed by atoms with Crippen LogP contribution in [0.2, 0.25) is 5.02 Å². The lowest BCUT2D eigenvalue weighted by molar-refractivity contribution is -0.164. The van der Waals surface area contributed by atoms with E-state index in [1.54, 1.807) is 36.7 Å². The second-order valence-corrected chi connectivity index (χ2v) is 8.28. The lowest BCUT2D eigenvalue weighted by Gasteiger charge is -2.63. The molecule has 2 aromatic rings. The molecule has 1 aromatic heterocycles. The number of hydrogen-bond acceptors (Lipinski definition) is 5. The number of nitrogens with one attached hydrogen (secondary N) is 1. The van der Waals surface area contributed by atoms with Gasteiger partial charge in [-0.25, -0.2) is 9.97 Å². The van der Waals surface area contributed by atoms with E-state index in [4.69, 9.17) is 21.6 Å². The van der Waals surface area contributed by atoms with Crippen molar-refractivity contribution in [3.05, 3.63) is 53.1 Å². The maximum Gasteiger partial charge on any atom is 0.289 e. The molecule has 27 heavy (non-hydrogen) atoms. The number of ether oxygens (including phenoxy) is 1. The summed E-state index contributed by atoms with van der Waals surface area (Å²) in [6.45, 7) is 8.19. The van der Waals surface area contributed by atoms with Crippen LogP contribution < -0.4 is 10.1 Å². The van der Waals surface area contributed by atoms with Gasteiger partial charge in [0.1, 0.15) is 17.9 Å². The highest BCUT2D eigenvalue weighted by Gasteiger charge is 2.64. The standard InChI is InChI=1S/C20H21ClN4O2/c1-19(2)17(25-16(26)15-23-8-5-9-24-15)20(3,4)18(19)27-13-7-6-12(11-22)14(21)10-13/h5-10,17-18H,1-4H3,(H,25,26)/t17-,18-. The van der Waals surface area contributed by atoms with Crippen molar-refractivity contribution in [2.24, 2.45) is 10.8 Å². The first-order valence-electron chi connectivity index (χ1n) is 8.62. The Morgan fingerprint density at radius 2 is 1.85 bits per heavy atom. The number of nitrogens with zero attached hydrogens (tertiary/aromatic N) is 3. The van der Waals surface area contributed by atoms with Crippen LogP contribution >= 0.6 is 11.6 Å². The van der Waals surface area contributed by atoms with Crippen molar-refractivity contribution in [1.29, 1.82) is 5.26 Å². The van der Waals surface area contributed by atoms with Crippen LogP contribution in [0.3, 0.4) is 0 Å². The molecule has 0 bridgehead atoms. The number of carbonyl (C=O) groups is 1. The summed E-state index contributed by atoms with van der Waals surface area (Å²) < 4.78 is 6.20. The molecule has 3 rings (SSSR count). The summed E-state index contributed by atoms with van der Waals surface area (Å²) in [5.74, 6) is 0.440. The van der Waals surface area contributed by atoms with E-state index < -0.39 is 0 Å². The van der Waals surface area contributed by atoms with E-state index in [9.17, 15) is 4.79 Å². The Morgan fingerprint density at radius 3 is 2.41 bits per heavy atom. The minimum Gasteiger partial charge on any atom is -0.489 e. The largest absolute Gasteiger partial charge is 0.489 e. The van der Waals surface area contributed by atoms with E-state index in [0.29, 0.717) is 16.3 Å². The summed E-state index contributed by atoms with van der Waals surface area (Å²) >= 11 is 6.11. The molecule has 1 heterocycles. The van der Waals surface area contributed by atoms with Gasteiger partial charge in [-0.2, -0.15) is 5.26 Å².